The Morgan fingerprint density at radius 1 is 1.21 bits per heavy atom. The second kappa shape index (κ2) is 6.01. The second-order valence-electron chi connectivity index (χ2n) is 4.25. The van der Waals surface area contributed by atoms with Crippen molar-refractivity contribution >= 4 is 0 Å². The summed E-state index contributed by atoms with van der Waals surface area (Å²) in [6.45, 7) is 0. The third kappa shape index (κ3) is 3.11. The molecule has 0 N–H and O–H groups in total. The van der Waals surface area contributed by atoms with Gasteiger partial charge in [0.2, 0.25) is 0 Å². The highest BCUT2D eigenvalue weighted by Crippen LogP contribution is 2.26. The summed E-state index contributed by atoms with van der Waals surface area (Å²) in [7, 11) is 1.54. The van der Waals surface area contributed by atoms with E-state index < -0.39 is 0 Å². The summed E-state index contributed by atoms with van der Waals surface area (Å²) in [6, 6.07) is 16.1. The van der Waals surface area contributed by atoms with Crippen molar-refractivity contribution in [3.8, 4) is 11.8 Å². The molecule has 2 nitrogen and oxygen atoms in total. The number of hydrogen-bond donors (Lipinski definition) is 0. The van der Waals surface area contributed by atoms with Gasteiger partial charge in [-0.2, -0.15) is 5.26 Å². The van der Waals surface area contributed by atoms with Crippen molar-refractivity contribution in [2.45, 2.75) is 12.3 Å². The standard InChI is InChI=1S/C16H14FNO/c1-19-16-8-7-15(17)10-13(16)9-14(11-18)12-5-3-2-4-6-12/h2-8,10,14H,9H2,1H3. The normalized spacial score (nSPS) is 11.6. The van der Waals surface area contributed by atoms with E-state index in [0.29, 0.717) is 17.7 Å². The van der Waals surface area contributed by atoms with E-state index in [1.54, 1.807) is 13.2 Å². The molecule has 3 heteroatoms. The minimum absolute atomic E-state index is 0.308. The monoisotopic (exact) mass is 255 g/mol. The van der Waals surface area contributed by atoms with Gasteiger partial charge in [-0.25, -0.2) is 4.39 Å². The Balaban J connectivity index is 2.29. The highest BCUT2D eigenvalue weighted by molar-refractivity contribution is 5.37. The molecule has 1 atom stereocenters. The molecular weight excluding hydrogens is 241 g/mol. The lowest BCUT2D eigenvalue weighted by Crippen LogP contribution is -2.02. The van der Waals surface area contributed by atoms with E-state index in [0.717, 1.165) is 5.56 Å². The minimum Gasteiger partial charge on any atom is -0.496 e. The summed E-state index contributed by atoms with van der Waals surface area (Å²) >= 11 is 0. The second-order valence-corrected chi connectivity index (χ2v) is 4.25. The summed E-state index contributed by atoms with van der Waals surface area (Å²) in [5, 5.41) is 9.29. The quantitative estimate of drug-likeness (QED) is 0.834. The fourth-order valence-corrected chi connectivity index (χ4v) is 2.05. The maximum atomic E-state index is 13.3. The first-order chi connectivity index (χ1) is 9.24. The van der Waals surface area contributed by atoms with Gasteiger partial charge in [0.1, 0.15) is 11.6 Å². The molecule has 0 fully saturated rings. The molecule has 1 unspecified atom stereocenters. The van der Waals surface area contributed by atoms with Crippen molar-refractivity contribution < 1.29 is 9.13 Å². The number of methoxy groups -OCH3 is 1. The zero-order valence-corrected chi connectivity index (χ0v) is 10.6. The number of benzene rings is 2. The van der Waals surface area contributed by atoms with E-state index in [2.05, 4.69) is 6.07 Å². The van der Waals surface area contributed by atoms with Crippen LogP contribution in [0.5, 0.6) is 5.75 Å². The summed E-state index contributed by atoms with van der Waals surface area (Å²) in [4.78, 5) is 0. The molecule has 96 valence electrons. The summed E-state index contributed by atoms with van der Waals surface area (Å²) in [6.07, 6.45) is 0.432. The Morgan fingerprint density at radius 3 is 2.58 bits per heavy atom. The molecule has 19 heavy (non-hydrogen) atoms. The molecule has 0 spiro atoms. The molecule has 0 radical (unpaired) electrons. The number of halogens is 1. The fourth-order valence-electron chi connectivity index (χ4n) is 2.05. The third-order valence-corrected chi connectivity index (χ3v) is 3.02. The van der Waals surface area contributed by atoms with Crippen LogP contribution in [0.4, 0.5) is 4.39 Å². The highest BCUT2D eigenvalue weighted by atomic mass is 19.1. The molecule has 0 aromatic heterocycles. The zero-order valence-electron chi connectivity index (χ0n) is 10.6. The number of nitriles is 1. The van der Waals surface area contributed by atoms with Crippen LogP contribution in [0.3, 0.4) is 0 Å². The van der Waals surface area contributed by atoms with Crippen LogP contribution in [-0.2, 0) is 6.42 Å². The molecule has 0 saturated carbocycles. The van der Waals surface area contributed by atoms with Gasteiger partial charge in [0.05, 0.1) is 19.1 Å². The Bertz CT molecular complexity index is 589. The van der Waals surface area contributed by atoms with E-state index in [4.69, 9.17) is 4.74 Å². The van der Waals surface area contributed by atoms with Crippen molar-refractivity contribution in [2.24, 2.45) is 0 Å². The van der Waals surface area contributed by atoms with Gasteiger partial charge in [0, 0.05) is 0 Å². The first-order valence-corrected chi connectivity index (χ1v) is 6.01. The van der Waals surface area contributed by atoms with Crippen LogP contribution in [0.2, 0.25) is 0 Å². The van der Waals surface area contributed by atoms with Crippen LogP contribution in [0.25, 0.3) is 0 Å². The van der Waals surface area contributed by atoms with Gasteiger partial charge >= 0.3 is 0 Å². The van der Waals surface area contributed by atoms with Crippen molar-refractivity contribution in [2.75, 3.05) is 7.11 Å². The molecule has 0 aliphatic rings. The van der Waals surface area contributed by atoms with E-state index in [1.165, 1.54) is 12.1 Å². The molecule has 2 rings (SSSR count). The van der Waals surface area contributed by atoms with Gasteiger partial charge in [-0.05, 0) is 35.7 Å². The lowest BCUT2D eigenvalue weighted by atomic mass is 9.93. The molecule has 0 aliphatic heterocycles. The zero-order chi connectivity index (χ0) is 13.7. The summed E-state index contributed by atoms with van der Waals surface area (Å²) in [5.74, 6) is -0.0185. The van der Waals surface area contributed by atoms with Gasteiger partial charge < -0.3 is 4.74 Å². The number of nitrogens with zero attached hydrogens (tertiary/aromatic N) is 1. The Hall–Kier alpha value is -2.34. The van der Waals surface area contributed by atoms with E-state index >= 15 is 0 Å². The molecule has 2 aromatic carbocycles. The Labute approximate surface area is 112 Å². The maximum absolute atomic E-state index is 13.3. The molecule has 0 bridgehead atoms. The first-order valence-electron chi connectivity index (χ1n) is 6.01. The Kier molecular flexibility index (Phi) is 4.15. The predicted molar refractivity (Wildman–Crippen MR) is 71.5 cm³/mol. The van der Waals surface area contributed by atoms with Gasteiger partial charge in [-0.15, -0.1) is 0 Å². The van der Waals surface area contributed by atoms with Crippen molar-refractivity contribution in [3.05, 3.63) is 65.5 Å². The van der Waals surface area contributed by atoms with Crippen molar-refractivity contribution in [1.29, 1.82) is 5.26 Å². The van der Waals surface area contributed by atoms with Crippen molar-refractivity contribution in [1.82, 2.24) is 0 Å². The largest absolute Gasteiger partial charge is 0.496 e. The number of rotatable bonds is 4. The highest BCUT2D eigenvalue weighted by Gasteiger charge is 2.14. The number of hydrogen-bond acceptors (Lipinski definition) is 2. The van der Waals surface area contributed by atoms with Gasteiger partial charge in [-0.3, -0.25) is 0 Å². The topological polar surface area (TPSA) is 33.0 Å². The van der Waals surface area contributed by atoms with Crippen LogP contribution in [-0.4, -0.2) is 7.11 Å². The van der Waals surface area contributed by atoms with Crippen LogP contribution in [0.1, 0.15) is 17.0 Å². The molecular formula is C16H14FNO. The average molecular weight is 255 g/mol. The average Bonchev–Trinajstić information content (AvgIpc) is 2.46. The molecule has 0 amide bonds. The minimum atomic E-state index is -0.319. The predicted octanol–water partition coefficient (Wildman–Crippen LogP) is 3.68. The third-order valence-electron chi connectivity index (χ3n) is 3.02. The van der Waals surface area contributed by atoms with Gasteiger partial charge in [-0.1, -0.05) is 30.3 Å². The maximum Gasteiger partial charge on any atom is 0.123 e. The van der Waals surface area contributed by atoms with Gasteiger partial charge in [0.25, 0.3) is 0 Å². The van der Waals surface area contributed by atoms with E-state index in [1.807, 2.05) is 30.3 Å². The molecule has 2 aromatic rings. The lowest BCUT2D eigenvalue weighted by molar-refractivity contribution is 0.407. The Morgan fingerprint density at radius 2 is 1.95 bits per heavy atom. The van der Waals surface area contributed by atoms with Crippen LogP contribution >= 0.6 is 0 Å². The first kappa shape index (κ1) is 13.1. The smallest absolute Gasteiger partial charge is 0.123 e. The van der Waals surface area contributed by atoms with E-state index in [-0.39, 0.29) is 11.7 Å². The van der Waals surface area contributed by atoms with Gasteiger partial charge in [0.15, 0.2) is 0 Å². The van der Waals surface area contributed by atoms with Crippen LogP contribution in [0.15, 0.2) is 48.5 Å². The van der Waals surface area contributed by atoms with Crippen LogP contribution in [0, 0.1) is 17.1 Å². The molecule has 0 aliphatic carbocycles. The van der Waals surface area contributed by atoms with E-state index in [9.17, 15) is 9.65 Å². The fraction of sp³-hybridized carbons (Fsp3) is 0.188. The summed E-state index contributed by atoms with van der Waals surface area (Å²) < 4.78 is 18.5. The molecule has 0 heterocycles. The van der Waals surface area contributed by atoms with Crippen LogP contribution < -0.4 is 4.74 Å². The lowest BCUT2D eigenvalue weighted by Gasteiger charge is -2.12. The summed E-state index contributed by atoms with van der Waals surface area (Å²) in [5.41, 5.74) is 1.63. The molecule has 0 saturated heterocycles. The number of ether oxygens (including phenoxy) is 1. The van der Waals surface area contributed by atoms with Crippen molar-refractivity contribution in [3.63, 3.8) is 0 Å². The SMILES string of the molecule is COc1ccc(F)cc1CC(C#N)c1ccccc1.